The SMILES string of the molecule is CCc1nc([C@H]2O[C@@H](n3cnc4c(NCC(c5ccccc5)c5ccccc5)nc(NCCN5CCCCC5)nc43)[C@H](O)[C@@H]2O)no1. The Morgan fingerprint density at radius 1 is 0.894 bits per heavy atom. The summed E-state index contributed by atoms with van der Waals surface area (Å²) in [6.07, 6.45) is 1.30. The summed E-state index contributed by atoms with van der Waals surface area (Å²) in [4.78, 5) is 21.2. The molecule has 4 atom stereocenters. The number of nitrogens with zero attached hydrogens (tertiary/aromatic N) is 7. The topological polar surface area (TPSA) is 160 Å². The molecule has 4 N–H and O–H groups in total. The molecule has 2 saturated heterocycles. The molecule has 0 aliphatic carbocycles. The molecule has 0 spiro atoms. The number of anilines is 2. The molecule has 7 rings (SSSR count). The zero-order valence-corrected chi connectivity index (χ0v) is 26.4. The van der Waals surface area contributed by atoms with Crippen molar-refractivity contribution >= 4 is 22.9 Å². The first-order valence-corrected chi connectivity index (χ1v) is 16.5. The van der Waals surface area contributed by atoms with Crippen LogP contribution in [0.25, 0.3) is 11.2 Å². The van der Waals surface area contributed by atoms with E-state index in [1.165, 1.54) is 30.4 Å². The van der Waals surface area contributed by atoms with Gasteiger partial charge in [0.15, 0.2) is 29.3 Å². The minimum Gasteiger partial charge on any atom is -0.387 e. The van der Waals surface area contributed by atoms with E-state index < -0.39 is 24.5 Å². The van der Waals surface area contributed by atoms with Gasteiger partial charge >= 0.3 is 0 Å². The number of aliphatic hydroxyl groups is 2. The summed E-state index contributed by atoms with van der Waals surface area (Å²) < 4.78 is 13.0. The molecule has 0 amide bonds. The van der Waals surface area contributed by atoms with E-state index in [0.717, 1.165) is 19.6 Å². The number of aromatic nitrogens is 6. The Balaban J connectivity index is 1.19. The molecular weight excluding hydrogens is 598 g/mol. The van der Waals surface area contributed by atoms with Crippen LogP contribution in [-0.4, -0.2) is 89.7 Å². The molecule has 2 aliphatic rings. The van der Waals surface area contributed by atoms with Crippen LogP contribution in [0.1, 0.15) is 67.3 Å². The highest BCUT2D eigenvalue weighted by Gasteiger charge is 2.47. The van der Waals surface area contributed by atoms with E-state index in [9.17, 15) is 10.2 Å². The highest BCUT2D eigenvalue weighted by molar-refractivity contribution is 5.84. The third-order valence-corrected chi connectivity index (χ3v) is 9.01. The van der Waals surface area contributed by atoms with E-state index in [0.29, 0.717) is 48.3 Å². The van der Waals surface area contributed by atoms with Crippen LogP contribution < -0.4 is 10.6 Å². The number of rotatable bonds is 12. The fraction of sp³-hybridized carbons (Fsp3) is 0.441. The molecule has 2 aliphatic heterocycles. The third-order valence-electron chi connectivity index (χ3n) is 9.01. The second kappa shape index (κ2) is 14.1. The first kappa shape index (κ1) is 31.2. The minimum absolute atomic E-state index is 0.0545. The van der Waals surface area contributed by atoms with Crippen LogP contribution >= 0.6 is 0 Å². The highest BCUT2D eigenvalue weighted by atomic mass is 16.6. The normalized spacial score (nSPS) is 21.9. The fourth-order valence-corrected chi connectivity index (χ4v) is 6.44. The molecule has 3 aromatic heterocycles. The van der Waals surface area contributed by atoms with E-state index in [-0.39, 0.29) is 11.7 Å². The van der Waals surface area contributed by atoms with Crippen molar-refractivity contribution in [3.05, 3.63) is 89.8 Å². The molecule has 13 heteroatoms. The molecule has 5 heterocycles. The van der Waals surface area contributed by atoms with E-state index in [1.54, 1.807) is 10.9 Å². The molecule has 0 bridgehead atoms. The largest absolute Gasteiger partial charge is 0.387 e. The lowest BCUT2D eigenvalue weighted by Crippen LogP contribution is -2.34. The number of fused-ring (bicyclic) bond motifs is 1. The summed E-state index contributed by atoms with van der Waals surface area (Å²) >= 11 is 0. The summed E-state index contributed by atoms with van der Waals surface area (Å²) in [6.45, 7) is 6.21. The van der Waals surface area contributed by atoms with Crippen molar-refractivity contribution in [3.63, 3.8) is 0 Å². The average molecular weight is 640 g/mol. The maximum Gasteiger partial charge on any atom is 0.226 e. The number of imidazole rings is 1. The quantitative estimate of drug-likeness (QED) is 0.156. The predicted molar refractivity (Wildman–Crippen MR) is 176 cm³/mol. The van der Waals surface area contributed by atoms with Gasteiger partial charge in [0, 0.05) is 32.0 Å². The van der Waals surface area contributed by atoms with Crippen LogP contribution in [-0.2, 0) is 11.2 Å². The molecule has 5 aromatic rings. The third kappa shape index (κ3) is 6.70. The van der Waals surface area contributed by atoms with Crippen molar-refractivity contribution in [3.8, 4) is 0 Å². The van der Waals surface area contributed by atoms with Crippen LogP contribution in [0.5, 0.6) is 0 Å². The first-order chi connectivity index (χ1) is 23.1. The van der Waals surface area contributed by atoms with Gasteiger partial charge in [0.25, 0.3) is 0 Å². The summed E-state index contributed by atoms with van der Waals surface area (Å²) in [5, 5.41) is 33.1. The zero-order chi connectivity index (χ0) is 32.2. The van der Waals surface area contributed by atoms with Crippen LogP contribution in [0.2, 0.25) is 0 Å². The second-order valence-corrected chi connectivity index (χ2v) is 12.1. The molecule has 246 valence electrons. The Labute approximate surface area is 273 Å². The molecule has 0 radical (unpaired) electrons. The lowest BCUT2D eigenvalue weighted by Gasteiger charge is -2.26. The maximum atomic E-state index is 11.1. The lowest BCUT2D eigenvalue weighted by atomic mass is 9.91. The van der Waals surface area contributed by atoms with Crippen LogP contribution in [0.3, 0.4) is 0 Å². The summed E-state index contributed by atoms with van der Waals surface area (Å²) in [7, 11) is 0. The Morgan fingerprint density at radius 2 is 1.62 bits per heavy atom. The zero-order valence-electron chi connectivity index (χ0n) is 26.4. The van der Waals surface area contributed by atoms with Crippen molar-refractivity contribution in [2.45, 2.75) is 63.1 Å². The Hall–Kier alpha value is -4.43. The number of nitrogens with one attached hydrogen (secondary N) is 2. The van der Waals surface area contributed by atoms with Gasteiger partial charge < -0.3 is 35.0 Å². The van der Waals surface area contributed by atoms with Gasteiger partial charge in [-0.1, -0.05) is 79.2 Å². The number of aryl methyl sites for hydroxylation is 1. The molecule has 2 fully saturated rings. The average Bonchev–Trinajstić information content (AvgIpc) is 3.84. The van der Waals surface area contributed by atoms with Crippen LogP contribution in [0.15, 0.2) is 71.5 Å². The van der Waals surface area contributed by atoms with Gasteiger partial charge in [-0.05, 0) is 37.1 Å². The number of hydrogen-bond acceptors (Lipinski definition) is 12. The maximum absolute atomic E-state index is 11.1. The highest BCUT2D eigenvalue weighted by Crippen LogP contribution is 2.39. The lowest BCUT2D eigenvalue weighted by molar-refractivity contribution is -0.0388. The number of piperidine rings is 1. The number of benzene rings is 2. The molecular formula is C34H41N9O4. The number of ether oxygens (including phenoxy) is 1. The van der Waals surface area contributed by atoms with Crippen molar-refractivity contribution in [1.29, 1.82) is 0 Å². The van der Waals surface area contributed by atoms with Crippen molar-refractivity contribution in [2.24, 2.45) is 0 Å². The fourth-order valence-electron chi connectivity index (χ4n) is 6.44. The Bertz CT molecular complexity index is 1700. The van der Waals surface area contributed by atoms with Crippen LogP contribution in [0.4, 0.5) is 11.8 Å². The van der Waals surface area contributed by atoms with Crippen molar-refractivity contribution in [1.82, 2.24) is 34.6 Å². The molecule has 47 heavy (non-hydrogen) atoms. The van der Waals surface area contributed by atoms with E-state index in [4.69, 9.17) is 19.2 Å². The Kier molecular flexibility index (Phi) is 9.38. The van der Waals surface area contributed by atoms with Crippen molar-refractivity contribution in [2.75, 3.05) is 43.4 Å². The summed E-state index contributed by atoms with van der Waals surface area (Å²) in [5.74, 6) is 1.66. The second-order valence-electron chi connectivity index (χ2n) is 12.1. The van der Waals surface area contributed by atoms with Gasteiger partial charge in [-0.15, -0.1) is 0 Å². The van der Waals surface area contributed by atoms with E-state index >= 15 is 0 Å². The summed E-state index contributed by atoms with van der Waals surface area (Å²) in [5.41, 5.74) is 3.33. The minimum atomic E-state index is -1.29. The van der Waals surface area contributed by atoms with Gasteiger partial charge in [-0.25, -0.2) is 4.98 Å². The summed E-state index contributed by atoms with van der Waals surface area (Å²) in [6, 6.07) is 20.7. The monoisotopic (exact) mass is 639 g/mol. The predicted octanol–water partition coefficient (Wildman–Crippen LogP) is 3.91. The molecule has 2 aromatic carbocycles. The van der Waals surface area contributed by atoms with Gasteiger partial charge in [-0.2, -0.15) is 15.0 Å². The van der Waals surface area contributed by atoms with E-state index in [2.05, 4.69) is 54.9 Å². The van der Waals surface area contributed by atoms with Crippen molar-refractivity contribution < 1.29 is 19.5 Å². The van der Waals surface area contributed by atoms with Crippen LogP contribution in [0, 0.1) is 0 Å². The molecule has 0 saturated carbocycles. The molecule has 0 unspecified atom stereocenters. The van der Waals surface area contributed by atoms with Gasteiger partial charge in [0.2, 0.25) is 17.7 Å². The van der Waals surface area contributed by atoms with Gasteiger partial charge in [0.05, 0.1) is 6.33 Å². The smallest absolute Gasteiger partial charge is 0.226 e. The Morgan fingerprint density at radius 3 is 2.30 bits per heavy atom. The number of aliphatic hydroxyl groups excluding tert-OH is 2. The standard InChI is InChI=1S/C34H41N9O4/c1-2-25-38-31(41-47-25)29-27(44)28(45)33(46-29)43-21-37-26-30(39-34(40-32(26)43)35-16-19-42-17-10-5-11-18-42)36-20-24(22-12-6-3-7-13-22)23-14-8-4-9-15-23/h3-4,6-9,12-15,21,24,27-29,33,44-45H,2,5,10-11,16-20H2,1H3,(H2,35,36,39,40)/t27-,28+,29-,33+/m0/s1. The van der Waals surface area contributed by atoms with E-state index in [1.807, 2.05) is 43.3 Å². The van der Waals surface area contributed by atoms with Gasteiger partial charge in [-0.3, -0.25) is 4.57 Å². The molecule has 13 nitrogen and oxygen atoms in total. The van der Waals surface area contributed by atoms with Gasteiger partial charge in [0.1, 0.15) is 12.2 Å². The number of likely N-dealkylation sites (tertiary alicyclic amines) is 1. The number of hydrogen-bond donors (Lipinski definition) is 4. The first-order valence-electron chi connectivity index (χ1n) is 16.5.